The molecule has 0 amide bonds. The highest BCUT2D eigenvalue weighted by molar-refractivity contribution is 5.31. The van der Waals surface area contributed by atoms with Crippen LogP contribution in [0.5, 0.6) is 5.75 Å². The summed E-state index contributed by atoms with van der Waals surface area (Å²) in [7, 11) is 0. The van der Waals surface area contributed by atoms with E-state index < -0.39 is 11.5 Å². The molecule has 0 saturated heterocycles. The van der Waals surface area contributed by atoms with Gasteiger partial charge in [0.05, 0.1) is 24.2 Å². The Hall–Kier alpha value is -1.53. The van der Waals surface area contributed by atoms with Crippen molar-refractivity contribution in [2.45, 2.75) is 45.6 Å². The minimum atomic E-state index is -0.717. The molecule has 2 rings (SSSR count). The minimum Gasteiger partial charge on any atom is -0.494 e. The number of hydrogen-bond acceptors (Lipinski definition) is 3. The summed E-state index contributed by atoms with van der Waals surface area (Å²) in [5.74, 6) is 1.30. The fraction of sp³-hybridized carbons (Fsp3) is 0.588. The summed E-state index contributed by atoms with van der Waals surface area (Å²) >= 11 is 0. The first-order valence-electron chi connectivity index (χ1n) is 7.43. The summed E-state index contributed by atoms with van der Waals surface area (Å²) in [5, 5.41) is 20.3. The van der Waals surface area contributed by atoms with Gasteiger partial charge in [-0.25, -0.2) is 0 Å². The zero-order valence-electron chi connectivity index (χ0n) is 12.3. The monoisotopic (exact) mass is 273 g/mol. The second-order valence-electron chi connectivity index (χ2n) is 5.87. The van der Waals surface area contributed by atoms with Gasteiger partial charge in [0, 0.05) is 0 Å². The highest BCUT2D eigenvalue weighted by Crippen LogP contribution is 2.47. The molecule has 0 radical (unpaired) electrons. The van der Waals surface area contributed by atoms with Gasteiger partial charge in [0.1, 0.15) is 5.75 Å². The Labute approximate surface area is 121 Å². The molecule has 3 heteroatoms. The maximum absolute atomic E-state index is 10.7. The third-order valence-corrected chi connectivity index (χ3v) is 4.29. The highest BCUT2D eigenvalue weighted by Gasteiger charge is 2.42. The van der Waals surface area contributed by atoms with Crippen LogP contribution in [0.1, 0.15) is 51.2 Å². The van der Waals surface area contributed by atoms with E-state index in [1.807, 2.05) is 31.2 Å². The summed E-state index contributed by atoms with van der Waals surface area (Å²) in [4.78, 5) is 0. The van der Waals surface area contributed by atoms with Gasteiger partial charge in [0.25, 0.3) is 0 Å². The van der Waals surface area contributed by atoms with E-state index in [1.165, 1.54) is 0 Å². The number of aliphatic hydroxyl groups excluding tert-OH is 1. The SMILES string of the molecule is CCOc1ccc(C(O)C2(C#N)CCCC(C)C2)cc1. The van der Waals surface area contributed by atoms with Crippen LogP contribution >= 0.6 is 0 Å². The number of ether oxygens (including phenoxy) is 1. The number of nitriles is 1. The van der Waals surface area contributed by atoms with E-state index in [2.05, 4.69) is 13.0 Å². The van der Waals surface area contributed by atoms with Crippen molar-refractivity contribution in [1.82, 2.24) is 0 Å². The highest BCUT2D eigenvalue weighted by atomic mass is 16.5. The lowest BCUT2D eigenvalue weighted by Crippen LogP contribution is -2.32. The first-order valence-corrected chi connectivity index (χ1v) is 7.43. The predicted molar refractivity (Wildman–Crippen MR) is 78.2 cm³/mol. The molecule has 0 spiro atoms. The fourth-order valence-electron chi connectivity index (χ4n) is 3.23. The van der Waals surface area contributed by atoms with E-state index >= 15 is 0 Å². The average Bonchev–Trinajstić information content (AvgIpc) is 2.47. The van der Waals surface area contributed by atoms with Crippen molar-refractivity contribution in [3.05, 3.63) is 29.8 Å². The minimum absolute atomic E-state index is 0.501. The summed E-state index contributed by atoms with van der Waals surface area (Å²) < 4.78 is 5.41. The van der Waals surface area contributed by atoms with E-state index in [-0.39, 0.29) is 0 Å². The molecular weight excluding hydrogens is 250 g/mol. The van der Waals surface area contributed by atoms with Gasteiger partial charge in [-0.15, -0.1) is 0 Å². The van der Waals surface area contributed by atoms with Crippen LogP contribution in [0.15, 0.2) is 24.3 Å². The number of benzene rings is 1. The zero-order valence-corrected chi connectivity index (χ0v) is 12.3. The summed E-state index contributed by atoms with van der Waals surface area (Å²) in [6.45, 7) is 4.73. The summed E-state index contributed by atoms with van der Waals surface area (Å²) in [6, 6.07) is 9.86. The van der Waals surface area contributed by atoms with Crippen molar-refractivity contribution in [3.63, 3.8) is 0 Å². The van der Waals surface area contributed by atoms with E-state index in [0.29, 0.717) is 12.5 Å². The third kappa shape index (κ3) is 2.96. The first-order chi connectivity index (χ1) is 9.61. The van der Waals surface area contributed by atoms with Crippen molar-refractivity contribution < 1.29 is 9.84 Å². The van der Waals surface area contributed by atoms with Crippen molar-refractivity contribution >= 4 is 0 Å². The Morgan fingerprint density at radius 2 is 2.15 bits per heavy atom. The molecule has 0 aromatic heterocycles. The molecule has 1 aliphatic rings. The molecule has 1 N–H and O–H groups in total. The van der Waals surface area contributed by atoms with Crippen LogP contribution in [-0.4, -0.2) is 11.7 Å². The molecule has 1 aromatic carbocycles. The van der Waals surface area contributed by atoms with Crippen LogP contribution in [0.25, 0.3) is 0 Å². The second-order valence-corrected chi connectivity index (χ2v) is 5.87. The van der Waals surface area contributed by atoms with Crippen LogP contribution in [0.3, 0.4) is 0 Å². The molecule has 0 bridgehead atoms. The lowest BCUT2D eigenvalue weighted by molar-refractivity contribution is 0.0219. The largest absolute Gasteiger partial charge is 0.494 e. The second kappa shape index (κ2) is 6.28. The quantitative estimate of drug-likeness (QED) is 0.906. The number of aliphatic hydroxyl groups is 1. The summed E-state index contributed by atoms with van der Waals surface area (Å²) in [5.41, 5.74) is 0.175. The predicted octanol–water partition coefficient (Wildman–Crippen LogP) is 3.84. The maximum Gasteiger partial charge on any atom is 0.119 e. The van der Waals surface area contributed by atoms with E-state index in [4.69, 9.17) is 4.74 Å². The molecule has 0 aliphatic heterocycles. The van der Waals surface area contributed by atoms with Gasteiger partial charge < -0.3 is 9.84 Å². The van der Waals surface area contributed by atoms with Crippen LogP contribution in [0.2, 0.25) is 0 Å². The van der Waals surface area contributed by atoms with E-state index in [1.54, 1.807) is 0 Å². The Kier molecular flexibility index (Phi) is 4.67. The molecule has 1 aromatic rings. The standard InChI is InChI=1S/C17H23NO2/c1-3-20-15-8-6-14(7-9-15)16(19)17(12-18)10-4-5-13(2)11-17/h6-9,13,16,19H,3-5,10-11H2,1-2H3. The molecule has 20 heavy (non-hydrogen) atoms. The molecule has 3 unspecified atom stereocenters. The molecule has 1 fully saturated rings. The Balaban J connectivity index is 2.20. The van der Waals surface area contributed by atoms with Crippen molar-refractivity contribution in [2.24, 2.45) is 11.3 Å². The van der Waals surface area contributed by atoms with Gasteiger partial charge in [-0.2, -0.15) is 5.26 Å². The molecular formula is C17H23NO2. The van der Waals surface area contributed by atoms with Crippen molar-refractivity contribution in [1.29, 1.82) is 5.26 Å². The van der Waals surface area contributed by atoms with Crippen LogP contribution in [0.4, 0.5) is 0 Å². The first kappa shape index (κ1) is 14.9. The van der Waals surface area contributed by atoms with E-state index in [0.717, 1.165) is 37.0 Å². The number of nitrogens with zero attached hydrogens (tertiary/aromatic N) is 1. The lowest BCUT2D eigenvalue weighted by Gasteiger charge is -2.38. The molecule has 108 valence electrons. The molecule has 3 atom stereocenters. The topological polar surface area (TPSA) is 53.2 Å². The van der Waals surface area contributed by atoms with Gasteiger partial charge in [0.15, 0.2) is 0 Å². The van der Waals surface area contributed by atoms with Gasteiger partial charge in [-0.3, -0.25) is 0 Å². The molecule has 0 heterocycles. The van der Waals surface area contributed by atoms with Crippen LogP contribution in [0, 0.1) is 22.7 Å². The van der Waals surface area contributed by atoms with Gasteiger partial charge in [-0.1, -0.05) is 31.9 Å². The van der Waals surface area contributed by atoms with Gasteiger partial charge in [-0.05, 0) is 43.4 Å². The average molecular weight is 273 g/mol. The van der Waals surface area contributed by atoms with Crippen LogP contribution in [-0.2, 0) is 0 Å². The maximum atomic E-state index is 10.7. The fourth-order valence-corrected chi connectivity index (χ4v) is 3.23. The zero-order chi connectivity index (χ0) is 14.6. The van der Waals surface area contributed by atoms with Crippen molar-refractivity contribution in [3.8, 4) is 11.8 Å². The Bertz CT molecular complexity index is 477. The van der Waals surface area contributed by atoms with Crippen molar-refractivity contribution in [2.75, 3.05) is 6.61 Å². The number of rotatable bonds is 4. The Morgan fingerprint density at radius 3 is 2.70 bits per heavy atom. The summed E-state index contributed by atoms with van der Waals surface area (Å²) in [6.07, 6.45) is 3.01. The number of hydrogen-bond donors (Lipinski definition) is 1. The van der Waals surface area contributed by atoms with Gasteiger partial charge in [0.2, 0.25) is 0 Å². The Morgan fingerprint density at radius 1 is 1.45 bits per heavy atom. The third-order valence-electron chi connectivity index (χ3n) is 4.29. The lowest BCUT2D eigenvalue weighted by atomic mass is 9.66. The normalized spacial score (nSPS) is 27.6. The van der Waals surface area contributed by atoms with Gasteiger partial charge >= 0.3 is 0 Å². The molecule has 3 nitrogen and oxygen atoms in total. The molecule has 1 aliphatic carbocycles. The van der Waals surface area contributed by atoms with E-state index in [9.17, 15) is 10.4 Å². The van der Waals surface area contributed by atoms with Crippen LogP contribution < -0.4 is 4.74 Å². The molecule has 1 saturated carbocycles. The smallest absolute Gasteiger partial charge is 0.119 e.